The van der Waals surface area contributed by atoms with E-state index in [0.717, 1.165) is 22.4 Å². The predicted octanol–water partition coefficient (Wildman–Crippen LogP) is 2.86. The van der Waals surface area contributed by atoms with Crippen molar-refractivity contribution >= 4 is 16.9 Å². The lowest BCUT2D eigenvalue weighted by molar-refractivity contribution is -0.133. The molecule has 1 saturated carbocycles. The third kappa shape index (κ3) is 2.68. The van der Waals surface area contributed by atoms with Crippen LogP contribution in [-0.2, 0) is 11.3 Å². The first-order chi connectivity index (χ1) is 11.6. The van der Waals surface area contributed by atoms with Crippen LogP contribution in [0, 0.1) is 0 Å². The van der Waals surface area contributed by atoms with Crippen molar-refractivity contribution in [2.24, 2.45) is 0 Å². The summed E-state index contributed by atoms with van der Waals surface area (Å²) in [5, 5.41) is 7.40. The molecule has 1 aliphatic carbocycles. The summed E-state index contributed by atoms with van der Waals surface area (Å²) in [7, 11) is 1.83. The first-order valence-electron chi connectivity index (χ1n) is 8.34. The number of carbonyl (C=O) groups is 1. The van der Waals surface area contributed by atoms with Gasteiger partial charge in [0, 0.05) is 13.0 Å². The fourth-order valence-electron chi connectivity index (χ4n) is 3.11. The lowest BCUT2D eigenvalue weighted by Crippen LogP contribution is -2.32. The van der Waals surface area contributed by atoms with E-state index in [1.165, 1.54) is 12.8 Å². The Morgan fingerprint density at radius 1 is 1.42 bits per heavy atom. The first-order valence-corrected chi connectivity index (χ1v) is 8.34. The van der Waals surface area contributed by atoms with Crippen LogP contribution in [0.15, 0.2) is 36.7 Å². The molecule has 1 unspecified atom stereocenters. The number of imidazole rings is 1. The van der Waals surface area contributed by atoms with Crippen LogP contribution in [0.5, 0.6) is 0 Å². The highest BCUT2D eigenvalue weighted by Crippen LogP contribution is 2.39. The van der Waals surface area contributed by atoms with Gasteiger partial charge in [0.05, 0.1) is 35.3 Å². The van der Waals surface area contributed by atoms with Crippen molar-refractivity contribution in [1.29, 1.82) is 0 Å². The van der Waals surface area contributed by atoms with Gasteiger partial charge in [-0.1, -0.05) is 12.1 Å². The number of likely N-dealkylation sites (N-methyl/N-ethyl adjacent to an activating group) is 1. The van der Waals surface area contributed by atoms with E-state index in [4.69, 9.17) is 0 Å². The molecular formula is C18H21N5O. The summed E-state index contributed by atoms with van der Waals surface area (Å²) in [6.45, 7) is 2.45. The molecule has 0 radical (unpaired) electrons. The normalized spacial score (nSPS) is 15.6. The maximum atomic E-state index is 12.8. The van der Waals surface area contributed by atoms with Crippen LogP contribution < -0.4 is 0 Å². The van der Waals surface area contributed by atoms with Crippen LogP contribution in [-0.4, -0.2) is 37.6 Å². The van der Waals surface area contributed by atoms with E-state index in [-0.39, 0.29) is 11.9 Å². The van der Waals surface area contributed by atoms with Crippen LogP contribution in [0.2, 0.25) is 0 Å². The highest BCUT2D eigenvalue weighted by Gasteiger charge is 2.27. The fourth-order valence-corrected chi connectivity index (χ4v) is 3.11. The van der Waals surface area contributed by atoms with Crippen molar-refractivity contribution in [3.05, 3.63) is 48.0 Å². The molecule has 24 heavy (non-hydrogen) atoms. The molecule has 1 fully saturated rings. The SMILES string of the molecule is CC(C(=O)N(C)Cc1cc(C2CC2)n[nH]1)n1cnc2ccccc21. The van der Waals surface area contributed by atoms with Gasteiger partial charge in [-0.3, -0.25) is 9.89 Å². The van der Waals surface area contributed by atoms with Crippen molar-refractivity contribution in [2.45, 2.75) is 38.3 Å². The molecule has 0 saturated heterocycles. The second kappa shape index (κ2) is 5.78. The van der Waals surface area contributed by atoms with E-state index in [9.17, 15) is 4.79 Å². The Bertz CT molecular complexity index is 876. The molecular weight excluding hydrogens is 302 g/mol. The second-order valence-corrected chi connectivity index (χ2v) is 6.60. The Kier molecular flexibility index (Phi) is 3.59. The highest BCUT2D eigenvalue weighted by atomic mass is 16.2. The van der Waals surface area contributed by atoms with Crippen LogP contribution in [0.4, 0.5) is 0 Å². The van der Waals surface area contributed by atoms with Crippen molar-refractivity contribution < 1.29 is 4.79 Å². The molecule has 3 aromatic rings. The second-order valence-electron chi connectivity index (χ2n) is 6.60. The first kappa shape index (κ1) is 14.9. The van der Waals surface area contributed by atoms with Gasteiger partial charge in [0.1, 0.15) is 6.04 Å². The molecule has 4 rings (SSSR count). The van der Waals surface area contributed by atoms with Gasteiger partial charge < -0.3 is 9.47 Å². The van der Waals surface area contributed by atoms with E-state index in [1.54, 1.807) is 11.2 Å². The lowest BCUT2D eigenvalue weighted by atomic mass is 10.2. The number of rotatable bonds is 5. The average Bonchev–Trinajstić information content (AvgIpc) is 3.19. The van der Waals surface area contributed by atoms with Gasteiger partial charge in [0.2, 0.25) is 5.91 Å². The summed E-state index contributed by atoms with van der Waals surface area (Å²) < 4.78 is 1.93. The number of aromatic amines is 1. The number of amides is 1. The molecule has 1 aliphatic rings. The quantitative estimate of drug-likeness (QED) is 0.785. The zero-order valence-electron chi connectivity index (χ0n) is 13.9. The summed E-state index contributed by atoms with van der Waals surface area (Å²) in [5.74, 6) is 0.674. The summed E-state index contributed by atoms with van der Waals surface area (Å²) in [6, 6.07) is 9.64. The van der Waals surface area contributed by atoms with Gasteiger partial charge >= 0.3 is 0 Å². The molecule has 1 N–H and O–H groups in total. The number of H-pyrrole nitrogens is 1. The van der Waals surface area contributed by atoms with Crippen molar-refractivity contribution in [1.82, 2.24) is 24.6 Å². The van der Waals surface area contributed by atoms with Crippen molar-refractivity contribution in [2.75, 3.05) is 7.05 Å². The molecule has 1 aromatic carbocycles. The van der Waals surface area contributed by atoms with E-state index < -0.39 is 0 Å². The third-order valence-corrected chi connectivity index (χ3v) is 4.69. The molecule has 1 amide bonds. The number of hydrogen-bond donors (Lipinski definition) is 1. The van der Waals surface area contributed by atoms with Gasteiger partial charge in [0.25, 0.3) is 0 Å². The summed E-state index contributed by atoms with van der Waals surface area (Å²) >= 11 is 0. The molecule has 2 heterocycles. The number of fused-ring (bicyclic) bond motifs is 1. The molecule has 0 bridgehead atoms. The van der Waals surface area contributed by atoms with Gasteiger partial charge in [-0.15, -0.1) is 0 Å². The monoisotopic (exact) mass is 323 g/mol. The Labute approximate surface area is 140 Å². The van der Waals surface area contributed by atoms with Crippen LogP contribution in [0.1, 0.15) is 43.1 Å². The van der Waals surface area contributed by atoms with Crippen LogP contribution in [0.25, 0.3) is 11.0 Å². The maximum Gasteiger partial charge on any atom is 0.245 e. The molecule has 6 heteroatoms. The zero-order valence-corrected chi connectivity index (χ0v) is 13.9. The highest BCUT2D eigenvalue weighted by molar-refractivity contribution is 5.83. The van der Waals surface area contributed by atoms with E-state index >= 15 is 0 Å². The Hall–Kier alpha value is -2.63. The summed E-state index contributed by atoms with van der Waals surface area (Å²) in [5.41, 5.74) is 3.99. The maximum absolute atomic E-state index is 12.8. The number of nitrogens with one attached hydrogen (secondary N) is 1. The average molecular weight is 323 g/mol. The Morgan fingerprint density at radius 2 is 2.21 bits per heavy atom. The molecule has 0 aliphatic heterocycles. The summed E-state index contributed by atoms with van der Waals surface area (Å²) in [6.07, 6.45) is 4.19. The minimum atomic E-state index is -0.298. The zero-order chi connectivity index (χ0) is 16.7. The Morgan fingerprint density at radius 3 is 3.00 bits per heavy atom. The van der Waals surface area contributed by atoms with Gasteiger partial charge in [-0.05, 0) is 38.0 Å². The third-order valence-electron chi connectivity index (χ3n) is 4.69. The molecule has 0 spiro atoms. The molecule has 124 valence electrons. The lowest BCUT2D eigenvalue weighted by Gasteiger charge is -2.22. The smallest absolute Gasteiger partial charge is 0.245 e. The van der Waals surface area contributed by atoms with Crippen LogP contribution >= 0.6 is 0 Å². The largest absolute Gasteiger partial charge is 0.338 e. The number of carbonyl (C=O) groups excluding carboxylic acids is 1. The minimum Gasteiger partial charge on any atom is -0.338 e. The molecule has 1 atom stereocenters. The predicted molar refractivity (Wildman–Crippen MR) is 91.5 cm³/mol. The Balaban J connectivity index is 1.49. The number of nitrogens with zero attached hydrogens (tertiary/aromatic N) is 4. The van der Waals surface area contributed by atoms with E-state index in [1.807, 2.05) is 42.8 Å². The topological polar surface area (TPSA) is 66.8 Å². The minimum absolute atomic E-state index is 0.0562. The van der Waals surface area contributed by atoms with Crippen LogP contribution in [0.3, 0.4) is 0 Å². The number of benzene rings is 1. The van der Waals surface area contributed by atoms with E-state index in [2.05, 4.69) is 21.2 Å². The fraction of sp³-hybridized carbons (Fsp3) is 0.389. The molecule has 6 nitrogen and oxygen atoms in total. The van der Waals surface area contributed by atoms with Gasteiger partial charge in [0.15, 0.2) is 0 Å². The van der Waals surface area contributed by atoms with Crippen molar-refractivity contribution in [3.63, 3.8) is 0 Å². The molecule has 2 aromatic heterocycles. The standard InChI is InChI=1S/C18H21N5O/c1-12(23-11-19-15-5-3-4-6-17(15)23)18(24)22(2)10-14-9-16(21-20-14)13-7-8-13/h3-6,9,11-13H,7-8,10H2,1-2H3,(H,20,21). The number of para-hydroxylation sites is 2. The van der Waals surface area contributed by atoms with Gasteiger partial charge in [-0.25, -0.2) is 4.98 Å². The van der Waals surface area contributed by atoms with Gasteiger partial charge in [-0.2, -0.15) is 5.10 Å². The summed E-state index contributed by atoms with van der Waals surface area (Å²) in [4.78, 5) is 18.9. The number of aromatic nitrogens is 4. The van der Waals surface area contributed by atoms with Crippen molar-refractivity contribution in [3.8, 4) is 0 Å². The van der Waals surface area contributed by atoms with E-state index in [0.29, 0.717) is 12.5 Å². The number of hydrogen-bond acceptors (Lipinski definition) is 3.